The molecule has 0 saturated heterocycles. The number of methoxy groups -OCH3 is 1. The van der Waals surface area contributed by atoms with Crippen LogP contribution in [0.3, 0.4) is 0 Å². The van der Waals surface area contributed by atoms with Crippen LogP contribution in [0, 0.1) is 0 Å². The van der Waals surface area contributed by atoms with E-state index in [0.717, 1.165) is 5.57 Å². The van der Waals surface area contributed by atoms with Gasteiger partial charge < -0.3 is 4.74 Å². The van der Waals surface area contributed by atoms with Crippen LogP contribution in [-0.4, -0.2) is 55.3 Å². The third kappa shape index (κ3) is 8.98. The van der Waals surface area contributed by atoms with Crippen molar-refractivity contribution in [1.82, 2.24) is 4.90 Å². The number of carbonyl (C=O) groups is 2. The number of hydrogen-bond donors (Lipinski definition) is 0. The van der Waals surface area contributed by atoms with Crippen LogP contribution < -0.4 is 0 Å². The molecule has 0 spiro atoms. The molecule has 0 aromatic heterocycles. The van der Waals surface area contributed by atoms with Gasteiger partial charge in [-0.2, -0.15) is 0 Å². The molecule has 0 fully saturated rings. The molecule has 1 aliphatic heterocycles. The van der Waals surface area contributed by atoms with E-state index in [-0.39, 0.29) is 11.8 Å². The van der Waals surface area contributed by atoms with E-state index in [4.69, 9.17) is 4.74 Å². The summed E-state index contributed by atoms with van der Waals surface area (Å²) in [4.78, 5) is 25.8. The molecule has 12 heteroatoms. The summed E-state index contributed by atoms with van der Waals surface area (Å²) in [5.41, 5.74) is 1.88. The Bertz CT molecular complexity index is 784. The van der Waals surface area contributed by atoms with Gasteiger partial charge in [-0.05, 0) is 18.6 Å². The first kappa shape index (κ1) is 23.6. The van der Waals surface area contributed by atoms with Gasteiger partial charge >= 0.3 is 33.0 Å². The first-order valence-corrected chi connectivity index (χ1v) is 9.77. The van der Waals surface area contributed by atoms with E-state index in [1.165, 1.54) is 4.90 Å². The summed E-state index contributed by atoms with van der Waals surface area (Å²) in [6.45, 7) is 0.339. The standard InChI is InChI=1S/C16H19N2O3.F6P/c1-17(2)10-12(11-21-3)8-9-18-15(19)13-6-4-5-7-14(13)16(18)20;1-7(2,3,4,5)6/h4-7,10-11H,8-9H2,1-3H3;/q+1;-1. The molecule has 0 N–H and O–H groups in total. The molecule has 0 radical (unpaired) electrons. The molecule has 0 bridgehead atoms. The topological polar surface area (TPSA) is 49.6 Å². The Morgan fingerprint density at radius 1 is 1.04 bits per heavy atom. The van der Waals surface area contributed by atoms with Gasteiger partial charge in [-0.3, -0.25) is 14.5 Å². The first-order valence-electron chi connectivity index (χ1n) is 7.74. The van der Waals surface area contributed by atoms with Crippen molar-refractivity contribution in [2.75, 3.05) is 27.7 Å². The van der Waals surface area contributed by atoms with Gasteiger partial charge in [-0.1, -0.05) is 12.1 Å². The van der Waals surface area contributed by atoms with E-state index < -0.39 is 7.81 Å². The van der Waals surface area contributed by atoms with Crippen molar-refractivity contribution in [1.29, 1.82) is 0 Å². The first-order chi connectivity index (χ1) is 12.5. The molecule has 0 saturated carbocycles. The van der Waals surface area contributed by atoms with Gasteiger partial charge in [0.2, 0.25) is 0 Å². The molecule has 1 aromatic rings. The van der Waals surface area contributed by atoms with Gasteiger partial charge in [-0.15, -0.1) is 0 Å². The Morgan fingerprint density at radius 2 is 1.46 bits per heavy atom. The van der Waals surface area contributed by atoms with Gasteiger partial charge in [0.1, 0.15) is 14.1 Å². The van der Waals surface area contributed by atoms with Crippen LogP contribution in [-0.2, 0) is 4.74 Å². The Balaban J connectivity index is 0.000000480. The summed E-state index contributed by atoms with van der Waals surface area (Å²) < 4.78 is 66.1. The molecule has 28 heavy (non-hydrogen) atoms. The molecular formula is C16H19F6N2O3P. The summed E-state index contributed by atoms with van der Waals surface area (Å²) in [6.07, 6.45) is 4.08. The number of nitrogens with zero attached hydrogens (tertiary/aromatic N) is 2. The number of hydrogen-bond acceptors (Lipinski definition) is 3. The zero-order valence-corrected chi connectivity index (χ0v) is 16.1. The molecular weight excluding hydrogens is 413 g/mol. The second-order valence-corrected chi connectivity index (χ2v) is 7.95. The molecule has 2 rings (SSSR count). The Morgan fingerprint density at radius 3 is 1.82 bits per heavy atom. The van der Waals surface area contributed by atoms with Crippen LogP contribution in [0.25, 0.3) is 0 Å². The van der Waals surface area contributed by atoms with Crippen molar-refractivity contribution >= 4 is 25.8 Å². The fourth-order valence-corrected chi connectivity index (χ4v) is 2.32. The Kier molecular flexibility index (Phi) is 6.36. The fraction of sp³-hybridized carbons (Fsp3) is 0.312. The molecule has 5 nitrogen and oxygen atoms in total. The average molecular weight is 432 g/mol. The van der Waals surface area contributed by atoms with E-state index in [0.29, 0.717) is 24.1 Å². The van der Waals surface area contributed by atoms with E-state index in [1.807, 2.05) is 24.9 Å². The zero-order valence-electron chi connectivity index (χ0n) is 15.2. The molecule has 158 valence electrons. The summed E-state index contributed by atoms with van der Waals surface area (Å²) in [5, 5.41) is 0. The van der Waals surface area contributed by atoms with Gasteiger partial charge in [0, 0.05) is 6.54 Å². The number of benzene rings is 1. The molecule has 0 unspecified atom stereocenters. The number of rotatable bonds is 5. The molecule has 0 atom stereocenters. The second-order valence-electron chi connectivity index (χ2n) is 6.04. The number of ether oxygens (including phenoxy) is 1. The quantitative estimate of drug-likeness (QED) is 0.166. The van der Waals surface area contributed by atoms with Crippen LogP contribution in [0.5, 0.6) is 0 Å². The SMILES string of the molecule is COC=C(C=[N+](C)C)CCN1C(=O)c2ccccc2C1=O.F[P-](F)(F)(F)(F)F. The van der Waals surface area contributed by atoms with E-state index >= 15 is 0 Å². The normalized spacial score (nSPS) is 16.5. The summed E-state index contributed by atoms with van der Waals surface area (Å²) in [7, 11) is -5.27. The van der Waals surface area contributed by atoms with Crippen molar-refractivity contribution in [3.8, 4) is 0 Å². The Hall–Kier alpha value is -2.42. The molecule has 2 amide bonds. The summed E-state index contributed by atoms with van der Waals surface area (Å²) in [6, 6.07) is 6.91. The fourth-order valence-electron chi connectivity index (χ4n) is 2.32. The third-order valence-electron chi connectivity index (χ3n) is 3.20. The van der Waals surface area contributed by atoms with E-state index in [1.54, 1.807) is 37.6 Å². The van der Waals surface area contributed by atoms with Crippen molar-refractivity contribution in [2.45, 2.75) is 6.42 Å². The maximum atomic E-state index is 12.2. The van der Waals surface area contributed by atoms with Crippen molar-refractivity contribution in [2.24, 2.45) is 0 Å². The minimum atomic E-state index is -10.7. The van der Waals surface area contributed by atoms with Gasteiger partial charge in [-0.25, -0.2) is 4.58 Å². The van der Waals surface area contributed by atoms with E-state index in [9.17, 15) is 34.8 Å². The van der Waals surface area contributed by atoms with Crippen molar-refractivity contribution < 1.29 is 44.1 Å². The number of halogens is 6. The van der Waals surface area contributed by atoms with Crippen LogP contribution >= 0.6 is 7.81 Å². The van der Waals surface area contributed by atoms with Crippen LogP contribution in [0.2, 0.25) is 0 Å². The van der Waals surface area contributed by atoms with Gasteiger partial charge in [0.15, 0.2) is 6.21 Å². The number of imide groups is 1. The van der Waals surface area contributed by atoms with Crippen LogP contribution in [0.1, 0.15) is 27.1 Å². The van der Waals surface area contributed by atoms with E-state index in [2.05, 4.69) is 0 Å². The van der Waals surface area contributed by atoms with Crippen molar-refractivity contribution in [3.05, 3.63) is 47.2 Å². The average Bonchev–Trinajstić information content (AvgIpc) is 2.74. The predicted octanol–water partition coefficient (Wildman–Crippen LogP) is 4.93. The molecule has 1 aliphatic rings. The van der Waals surface area contributed by atoms with Crippen LogP contribution in [0.4, 0.5) is 25.2 Å². The predicted molar refractivity (Wildman–Crippen MR) is 93.3 cm³/mol. The van der Waals surface area contributed by atoms with Gasteiger partial charge in [0.05, 0.1) is 30.1 Å². The number of carbonyl (C=O) groups excluding carboxylic acids is 2. The van der Waals surface area contributed by atoms with Gasteiger partial charge in [0.25, 0.3) is 11.8 Å². The summed E-state index contributed by atoms with van der Waals surface area (Å²) in [5.74, 6) is -0.450. The number of fused-ring (bicyclic) bond motifs is 1. The third-order valence-corrected chi connectivity index (χ3v) is 3.20. The Labute approximate surface area is 157 Å². The summed E-state index contributed by atoms with van der Waals surface area (Å²) >= 11 is 0. The zero-order chi connectivity index (χ0) is 21.8. The minimum absolute atomic E-state index is 0.225. The maximum absolute atomic E-state index is 12.2. The van der Waals surface area contributed by atoms with Crippen molar-refractivity contribution in [3.63, 3.8) is 0 Å². The molecule has 0 aliphatic carbocycles. The second kappa shape index (κ2) is 7.54. The molecule has 1 aromatic carbocycles. The van der Waals surface area contributed by atoms with Crippen LogP contribution in [0.15, 0.2) is 36.1 Å². The number of amides is 2. The monoisotopic (exact) mass is 432 g/mol. The molecule has 1 heterocycles.